The molecule has 1 heterocycles. The number of amides is 2. The molecule has 0 radical (unpaired) electrons. The smallest absolute Gasteiger partial charge is 0.251 e. The van der Waals surface area contributed by atoms with Crippen molar-refractivity contribution >= 4 is 29.3 Å². The van der Waals surface area contributed by atoms with Gasteiger partial charge in [0.15, 0.2) is 5.16 Å². The topological polar surface area (TPSA) is 76.0 Å². The predicted octanol–water partition coefficient (Wildman–Crippen LogP) is 3.71. The van der Waals surface area contributed by atoms with Gasteiger partial charge >= 0.3 is 0 Å². The number of nitrogens with zero attached hydrogens (tertiary/aromatic N) is 2. The van der Waals surface area contributed by atoms with Crippen molar-refractivity contribution in [2.45, 2.75) is 44.3 Å². The van der Waals surface area contributed by atoms with Crippen molar-refractivity contribution in [3.63, 3.8) is 0 Å². The Morgan fingerprint density at radius 1 is 1.21 bits per heavy atom. The van der Waals surface area contributed by atoms with Crippen LogP contribution in [0.1, 0.15) is 43.5 Å². The zero-order chi connectivity index (χ0) is 20.1. The Kier molecular flexibility index (Phi) is 6.78. The number of hydrogen-bond donors (Lipinski definition) is 2. The van der Waals surface area contributed by atoms with Gasteiger partial charge in [-0.3, -0.25) is 9.59 Å². The van der Waals surface area contributed by atoms with Crippen LogP contribution in [0.15, 0.2) is 41.8 Å². The first kappa shape index (κ1) is 20.5. The average molecular weight is 401 g/mol. The lowest BCUT2D eigenvalue weighted by Gasteiger charge is -2.34. The van der Waals surface area contributed by atoms with Crippen molar-refractivity contribution in [1.29, 1.82) is 0 Å². The standard InChI is InChI=1S/C21H28N4O2S/c1-14-5-4-6-18(15(14)2)24-20(27)16-7-9-17(10-8-16)23-19(26)13-28-21-22-11-12-25(21)3/h7-12,14-15,18H,4-6,13H2,1-3H3,(H,23,26)(H,24,27)/t14-,15+,18+/m1/s1. The predicted molar refractivity (Wildman–Crippen MR) is 112 cm³/mol. The second-order valence-electron chi connectivity index (χ2n) is 7.58. The molecule has 3 atom stereocenters. The molecule has 0 unspecified atom stereocenters. The molecule has 0 spiro atoms. The maximum Gasteiger partial charge on any atom is 0.251 e. The highest BCUT2D eigenvalue weighted by Crippen LogP contribution is 2.29. The molecule has 6 nitrogen and oxygen atoms in total. The fourth-order valence-corrected chi connectivity index (χ4v) is 4.29. The van der Waals surface area contributed by atoms with E-state index in [4.69, 9.17) is 0 Å². The molecule has 150 valence electrons. The number of imidazole rings is 1. The number of anilines is 1. The van der Waals surface area contributed by atoms with Crippen molar-refractivity contribution < 1.29 is 9.59 Å². The van der Waals surface area contributed by atoms with E-state index in [9.17, 15) is 9.59 Å². The van der Waals surface area contributed by atoms with Crippen LogP contribution in [-0.4, -0.2) is 33.2 Å². The molecule has 1 fully saturated rings. The highest BCUT2D eigenvalue weighted by atomic mass is 32.2. The van der Waals surface area contributed by atoms with E-state index in [1.165, 1.54) is 18.2 Å². The van der Waals surface area contributed by atoms with Gasteiger partial charge in [0.2, 0.25) is 5.91 Å². The summed E-state index contributed by atoms with van der Waals surface area (Å²) < 4.78 is 1.87. The summed E-state index contributed by atoms with van der Waals surface area (Å²) in [6.07, 6.45) is 6.99. The van der Waals surface area contributed by atoms with Gasteiger partial charge in [-0.2, -0.15) is 0 Å². The zero-order valence-electron chi connectivity index (χ0n) is 16.6. The van der Waals surface area contributed by atoms with E-state index in [2.05, 4.69) is 29.5 Å². The Morgan fingerprint density at radius 2 is 1.96 bits per heavy atom. The lowest BCUT2D eigenvalue weighted by Crippen LogP contribution is -2.43. The molecule has 7 heteroatoms. The highest BCUT2D eigenvalue weighted by Gasteiger charge is 2.28. The summed E-state index contributed by atoms with van der Waals surface area (Å²) in [6.45, 7) is 4.48. The van der Waals surface area contributed by atoms with Gasteiger partial charge in [-0.15, -0.1) is 0 Å². The lowest BCUT2D eigenvalue weighted by atomic mass is 9.78. The number of aryl methyl sites for hydroxylation is 1. The molecule has 0 saturated heterocycles. The van der Waals surface area contributed by atoms with Crippen molar-refractivity contribution in [3.8, 4) is 0 Å². The van der Waals surface area contributed by atoms with Gasteiger partial charge in [0.25, 0.3) is 5.91 Å². The van der Waals surface area contributed by atoms with Crippen LogP contribution in [0.5, 0.6) is 0 Å². The monoisotopic (exact) mass is 400 g/mol. The van der Waals surface area contributed by atoms with Crippen molar-refractivity contribution in [2.24, 2.45) is 18.9 Å². The molecule has 2 N–H and O–H groups in total. The fourth-order valence-electron chi connectivity index (χ4n) is 3.56. The number of aromatic nitrogens is 2. The second-order valence-corrected chi connectivity index (χ2v) is 8.52. The first-order valence-corrected chi connectivity index (χ1v) is 10.7. The quantitative estimate of drug-likeness (QED) is 0.725. The van der Waals surface area contributed by atoms with E-state index in [1.54, 1.807) is 30.5 Å². The van der Waals surface area contributed by atoms with Gasteiger partial charge < -0.3 is 15.2 Å². The molecule has 0 aliphatic heterocycles. The van der Waals surface area contributed by atoms with Crippen molar-refractivity contribution in [3.05, 3.63) is 42.2 Å². The van der Waals surface area contributed by atoms with Crippen LogP contribution < -0.4 is 10.6 Å². The van der Waals surface area contributed by atoms with E-state index in [-0.39, 0.29) is 23.6 Å². The molecular weight excluding hydrogens is 372 g/mol. The third kappa shape index (κ3) is 5.16. The Morgan fingerprint density at radius 3 is 2.64 bits per heavy atom. The Hall–Kier alpha value is -2.28. The van der Waals surface area contributed by atoms with Crippen LogP contribution in [0.3, 0.4) is 0 Å². The maximum atomic E-state index is 12.6. The van der Waals surface area contributed by atoms with E-state index in [0.29, 0.717) is 23.1 Å². The van der Waals surface area contributed by atoms with Crippen LogP contribution in [0.25, 0.3) is 0 Å². The summed E-state index contributed by atoms with van der Waals surface area (Å²) in [5.41, 5.74) is 1.30. The van der Waals surface area contributed by atoms with Crippen LogP contribution in [-0.2, 0) is 11.8 Å². The Bertz CT molecular complexity index is 818. The minimum atomic E-state index is -0.102. The number of carbonyl (C=O) groups is 2. The van der Waals surface area contributed by atoms with Crippen molar-refractivity contribution in [1.82, 2.24) is 14.9 Å². The van der Waals surface area contributed by atoms with E-state index >= 15 is 0 Å². The largest absolute Gasteiger partial charge is 0.349 e. The Labute approximate surface area is 170 Å². The highest BCUT2D eigenvalue weighted by molar-refractivity contribution is 7.99. The number of thioether (sulfide) groups is 1. The van der Waals surface area contributed by atoms with Crippen LogP contribution >= 0.6 is 11.8 Å². The van der Waals surface area contributed by atoms with Gasteiger partial charge in [-0.05, 0) is 42.5 Å². The lowest BCUT2D eigenvalue weighted by molar-refractivity contribution is -0.113. The van der Waals surface area contributed by atoms with Gasteiger partial charge in [-0.1, -0.05) is 38.5 Å². The van der Waals surface area contributed by atoms with E-state index in [1.807, 2.05) is 17.8 Å². The van der Waals surface area contributed by atoms with Crippen LogP contribution in [0.4, 0.5) is 5.69 Å². The fraction of sp³-hybridized carbons (Fsp3) is 0.476. The van der Waals surface area contributed by atoms with Gasteiger partial charge in [-0.25, -0.2) is 4.98 Å². The molecule has 1 aliphatic rings. The van der Waals surface area contributed by atoms with E-state index < -0.39 is 0 Å². The van der Waals surface area contributed by atoms with Gasteiger partial charge in [0.05, 0.1) is 5.75 Å². The molecule has 0 bridgehead atoms. The molecule has 1 aliphatic carbocycles. The summed E-state index contributed by atoms with van der Waals surface area (Å²) in [4.78, 5) is 28.9. The minimum Gasteiger partial charge on any atom is -0.349 e. The summed E-state index contributed by atoms with van der Waals surface area (Å²) in [5.74, 6) is 1.27. The molecule has 28 heavy (non-hydrogen) atoms. The second kappa shape index (κ2) is 9.28. The Balaban J connectivity index is 1.50. The molecule has 1 saturated carbocycles. The molecule has 1 aromatic heterocycles. The first-order chi connectivity index (χ1) is 13.4. The number of rotatable bonds is 6. The normalized spacial score (nSPS) is 21.9. The van der Waals surface area contributed by atoms with Crippen molar-refractivity contribution in [2.75, 3.05) is 11.1 Å². The number of nitrogens with one attached hydrogen (secondary N) is 2. The molecule has 2 amide bonds. The number of benzene rings is 1. The number of hydrogen-bond acceptors (Lipinski definition) is 4. The summed E-state index contributed by atoms with van der Waals surface area (Å²) in [6, 6.07) is 7.29. The third-order valence-electron chi connectivity index (χ3n) is 5.56. The average Bonchev–Trinajstić information content (AvgIpc) is 3.09. The molecule has 3 rings (SSSR count). The molecular formula is C21H28N4O2S. The van der Waals surface area contributed by atoms with Crippen LogP contribution in [0, 0.1) is 11.8 Å². The van der Waals surface area contributed by atoms with Gasteiger partial charge in [0.1, 0.15) is 0 Å². The maximum absolute atomic E-state index is 12.6. The van der Waals surface area contributed by atoms with Crippen LogP contribution in [0.2, 0.25) is 0 Å². The van der Waals surface area contributed by atoms with E-state index in [0.717, 1.165) is 18.0 Å². The zero-order valence-corrected chi connectivity index (χ0v) is 17.5. The summed E-state index contributed by atoms with van der Waals surface area (Å²) in [7, 11) is 1.89. The first-order valence-electron chi connectivity index (χ1n) is 9.75. The van der Waals surface area contributed by atoms with Gasteiger partial charge in [0, 0.05) is 36.7 Å². The summed E-state index contributed by atoms with van der Waals surface area (Å²) in [5, 5.41) is 6.83. The minimum absolute atomic E-state index is 0.0471. The number of carbonyl (C=O) groups excluding carboxylic acids is 2. The molecule has 1 aromatic carbocycles. The summed E-state index contributed by atoms with van der Waals surface area (Å²) >= 11 is 1.38. The SMILES string of the molecule is C[C@H]1[C@H](C)CCC[C@@H]1NC(=O)c1ccc(NC(=O)CSc2nccn2C)cc1. The third-order valence-corrected chi connectivity index (χ3v) is 6.62. The molecule has 2 aromatic rings.